The molecule has 3 rings (SSSR count). The standard InChI is InChI=1S/C15H19N3O/c1-11-4-2-6-13(8-11)17-14-7-3-5-12(9-14)15-18-16-10-19-15/h3,5,7,9-11,13,17H,2,4,6,8H2,1H3. The lowest BCUT2D eigenvalue weighted by atomic mass is 9.87. The van der Waals surface area contributed by atoms with E-state index < -0.39 is 0 Å². The van der Waals surface area contributed by atoms with E-state index in [1.165, 1.54) is 32.1 Å². The smallest absolute Gasteiger partial charge is 0.247 e. The molecule has 1 N–H and O–H groups in total. The summed E-state index contributed by atoms with van der Waals surface area (Å²) in [5.41, 5.74) is 2.10. The van der Waals surface area contributed by atoms with Gasteiger partial charge in [0, 0.05) is 17.3 Å². The zero-order chi connectivity index (χ0) is 13.1. The maximum Gasteiger partial charge on any atom is 0.247 e. The van der Waals surface area contributed by atoms with E-state index in [1.54, 1.807) is 0 Å². The zero-order valence-corrected chi connectivity index (χ0v) is 11.2. The number of benzene rings is 1. The van der Waals surface area contributed by atoms with Crippen molar-refractivity contribution in [2.45, 2.75) is 38.6 Å². The van der Waals surface area contributed by atoms with Gasteiger partial charge in [0.2, 0.25) is 12.3 Å². The molecule has 1 fully saturated rings. The third-order valence-corrected chi connectivity index (χ3v) is 3.78. The van der Waals surface area contributed by atoms with E-state index in [9.17, 15) is 0 Å². The lowest BCUT2D eigenvalue weighted by Crippen LogP contribution is -2.26. The number of hydrogen-bond donors (Lipinski definition) is 1. The Morgan fingerprint density at radius 2 is 2.26 bits per heavy atom. The largest absolute Gasteiger partial charge is 0.423 e. The van der Waals surface area contributed by atoms with E-state index in [0.717, 1.165) is 17.2 Å². The summed E-state index contributed by atoms with van der Waals surface area (Å²) in [6.45, 7) is 2.34. The third-order valence-electron chi connectivity index (χ3n) is 3.78. The fourth-order valence-electron chi connectivity index (χ4n) is 2.84. The molecule has 1 aliphatic carbocycles. The molecule has 0 saturated heterocycles. The van der Waals surface area contributed by atoms with Crippen molar-refractivity contribution in [1.29, 1.82) is 0 Å². The van der Waals surface area contributed by atoms with Crippen LogP contribution in [0.3, 0.4) is 0 Å². The Kier molecular flexibility index (Phi) is 3.49. The van der Waals surface area contributed by atoms with Crippen molar-refractivity contribution in [3.8, 4) is 11.5 Å². The first-order valence-corrected chi connectivity index (χ1v) is 6.94. The van der Waals surface area contributed by atoms with Gasteiger partial charge in [-0.3, -0.25) is 0 Å². The van der Waals surface area contributed by atoms with Crippen LogP contribution in [-0.4, -0.2) is 16.2 Å². The fraction of sp³-hybridized carbons (Fsp3) is 0.467. The van der Waals surface area contributed by atoms with Gasteiger partial charge < -0.3 is 9.73 Å². The van der Waals surface area contributed by atoms with E-state index in [0.29, 0.717) is 11.9 Å². The van der Waals surface area contributed by atoms with Crippen LogP contribution < -0.4 is 5.32 Å². The quantitative estimate of drug-likeness (QED) is 0.910. The number of nitrogens with zero attached hydrogens (tertiary/aromatic N) is 2. The first kappa shape index (κ1) is 12.2. The molecule has 0 bridgehead atoms. The van der Waals surface area contributed by atoms with Crippen LogP contribution in [0.4, 0.5) is 5.69 Å². The molecule has 2 aromatic rings. The van der Waals surface area contributed by atoms with E-state index in [1.807, 2.05) is 12.1 Å². The Bertz CT molecular complexity index is 524. The van der Waals surface area contributed by atoms with Crippen molar-refractivity contribution in [3.05, 3.63) is 30.7 Å². The Balaban J connectivity index is 1.73. The maximum absolute atomic E-state index is 5.23. The molecule has 1 aliphatic rings. The minimum atomic E-state index is 0.570. The van der Waals surface area contributed by atoms with Crippen molar-refractivity contribution < 1.29 is 4.42 Å². The number of aromatic nitrogens is 2. The first-order chi connectivity index (χ1) is 9.31. The van der Waals surface area contributed by atoms with Gasteiger partial charge in [0.05, 0.1) is 0 Å². The second-order valence-corrected chi connectivity index (χ2v) is 5.44. The highest BCUT2D eigenvalue weighted by Gasteiger charge is 2.18. The van der Waals surface area contributed by atoms with Crippen LogP contribution in [0.5, 0.6) is 0 Å². The van der Waals surface area contributed by atoms with E-state index in [2.05, 4.69) is 34.6 Å². The molecule has 19 heavy (non-hydrogen) atoms. The van der Waals surface area contributed by atoms with Gasteiger partial charge in [0.25, 0.3) is 0 Å². The molecule has 2 unspecified atom stereocenters. The van der Waals surface area contributed by atoms with E-state index in [-0.39, 0.29) is 0 Å². The lowest BCUT2D eigenvalue weighted by Gasteiger charge is -2.28. The van der Waals surface area contributed by atoms with Crippen LogP contribution in [0.1, 0.15) is 32.6 Å². The third kappa shape index (κ3) is 2.95. The SMILES string of the molecule is CC1CCCC(Nc2cccc(-c3nnco3)c2)C1. The minimum absolute atomic E-state index is 0.570. The van der Waals surface area contributed by atoms with Crippen LogP contribution in [0.25, 0.3) is 11.5 Å². The van der Waals surface area contributed by atoms with Gasteiger partial charge >= 0.3 is 0 Å². The predicted molar refractivity (Wildman–Crippen MR) is 74.8 cm³/mol. The highest BCUT2D eigenvalue weighted by Crippen LogP contribution is 2.27. The minimum Gasteiger partial charge on any atom is -0.423 e. The summed E-state index contributed by atoms with van der Waals surface area (Å²) in [5, 5.41) is 11.3. The van der Waals surface area contributed by atoms with Crippen molar-refractivity contribution in [1.82, 2.24) is 10.2 Å². The molecule has 4 nitrogen and oxygen atoms in total. The number of nitrogens with one attached hydrogen (secondary N) is 1. The molecular weight excluding hydrogens is 238 g/mol. The predicted octanol–water partition coefficient (Wildman–Crippen LogP) is 3.73. The van der Waals surface area contributed by atoms with Gasteiger partial charge in [-0.25, -0.2) is 0 Å². The molecule has 100 valence electrons. The van der Waals surface area contributed by atoms with Crippen LogP contribution >= 0.6 is 0 Å². The molecule has 0 radical (unpaired) electrons. The molecule has 0 aliphatic heterocycles. The van der Waals surface area contributed by atoms with Crippen LogP contribution in [-0.2, 0) is 0 Å². The van der Waals surface area contributed by atoms with Crippen LogP contribution in [0.2, 0.25) is 0 Å². The Hall–Kier alpha value is -1.84. The maximum atomic E-state index is 5.23. The molecule has 1 aromatic carbocycles. The zero-order valence-electron chi connectivity index (χ0n) is 11.2. The number of rotatable bonds is 3. The molecule has 1 saturated carbocycles. The molecule has 2 atom stereocenters. The van der Waals surface area contributed by atoms with Gasteiger partial charge in [-0.15, -0.1) is 10.2 Å². The average Bonchev–Trinajstić information content (AvgIpc) is 2.93. The molecule has 1 aromatic heterocycles. The monoisotopic (exact) mass is 257 g/mol. The summed E-state index contributed by atoms with van der Waals surface area (Å²) in [7, 11) is 0. The average molecular weight is 257 g/mol. The van der Waals surface area contributed by atoms with Gasteiger partial charge in [-0.2, -0.15) is 0 Å². The Labute approximate surface area is 113 Å². The summed E-state index contributed by atoms with van der Waals surface area (Å²) in [4.78, 5) is 0. The lowest BCUT2D eigenvalue weighted by molar-refractivity contribution is 0.358. The topological polar surface area (TPSA) is 51.0 Å². The van der Waals surface area contributed by atoms with E-state index >= 15 is 0 Å². The summed E-state index contributed by atoms with van der Waals surface area (Å²) >= 11 is 0. The van der Waals surface area contributed by atoms with Gasteiger partial charge in [0.15, 0.2) is 0 Å². The molecule has 0 amide bonds. The molecular formula is C15H19N3O. The first-order valence-electron chi connectivity index (χ1n) is 6.94. The van der Waals surface area contributed by atoms with Gasteiger partial charge in [-0.1, -0.05) is 25.8 Å². The van der Waals surface area contributed by atoms with Crippen LogP contribution in [0.15, 0.2) is 35.1 Å². The number of anilines is 1. The second-order valence-electron chi connectivity index (χ2n) is 5.44. The van der Waals surface area contributed by atoms with Crippen LogP contribution in [0, 0.1) is 5.92 Å². The summed E-state index contributed by atoms with van der Waals surface area (Å²) in [5.74, 6) is 1.39. The van der Waals surface area contributed by atoms with Crippen molar-refractivity contribution in [2.24, 2.45) is 5.92 Å². The highest BCUT2D eigenvalue weighted by atomic mass is 16.4. The van der Waals surface area contributed by atoms with Crippen molar-refractivity contribution >= 4 is 5.69 Å². The summed E-state index contributed by atoms with van der Waals surface area (Å²) in [6, 6.07) is 8.77. The normalized spacial score (nSPS) is 23.2. The van der Waals surface area contributed by atoms with Crippen molar-refractivity contribution in [2.75, 3.05) is 5.32 Å². The molecule has 4 heteroatoms. The van der Waals surface area contributed by atoms with Gasteiger partial charge in [-0.05, 0) is 37.0 Å². The molecule has 1 heterocycles. The summed E-state index contributed by atoms with van der Waals surface area (Å²) in [6.07, 6.45) is 6.56. The highest BCUT2D eigenvalue weighted by molar-refractivity contribution is 5.61. The second kappa shape index (κ2) is 5.43. The fourth-order valence-corrected chi connectivity index (χ4v) is 2.84. The Morgan fingerprint density at radius 1 is 1.32 bits per heavy atom. The Morgan fingerprint density at radius 3 is 3.05 bits per heavy atom. The van der Waals surface area contributed by atoms with E-state index in [4.69, 9.17) is 4.42 Å². The number of hydrogen-bond acceptors (Lipinski definition) is 4. The summed E-state index contributed by atoms with van der Waals surface area (Å²) < 4.78 is 5.23. The molecule has 0 spiro atoms. The van der Waals surface area contributed by atoms with Crippen molar-refractivity contribution in [3.63, 3.8) is 0 Å². The van der Waals surface area contributed by atoms with Gasteiger partial charge in [0.1, 0.15) is 0 Å².